The van der Waals surface area contributed by atoms with Crippen LogP contribution in [0.5, 0.6) is 0 Å². The van der Waals surface area contributed by atoms with Crippen LogP contribution in [0.1, 0.15) is 38.2 Å². The van der Waals surface area contributed by atoms with Crippen LogP contribution in [0.3, 0.4) is 0 Å². The average Bonchev–Trinajstić information content (AvgIpc) is 2.21. The lowest BCUT2D eigenvalue weighted by Gasteiger charge is -2.36. The first-order valence-corrected chi connectivity index (χ1v) is 6.45. The lowest BCUT2D eigenvalue weighted by atomic mass is 9.75. The highest BCUT2D eigenvalue weighted by atomic mass is 35.5. The molecule has 1 saturated carbocycles. The summed E-state index contributed by atoms with van der Waals surface area (Å²) >= 11 is 11.9. The Morgan fingerprint density at radius 2 is 2.06 bits per heavy atom. The van der Waals surface area contributed by atoms with E-state index in [9.17, 15) is 5.11 Å². The third-order valence-corrected chi connectivity index (χ3v) is 4.17. The van der Waals surface area contributed by atoms with Gasteiger partial charge in [0.15, 0.2) is 0 Å². The van der Waals surface area contributed by atoms with Crippen molar-refractivity contribution in [2.45, 2.75) is 38.2 Å². The molecule has 16 heavy (non-hydrogen) atoms. The standard InChI is InChI=1S/C13H16Cl2O/c1-9-3-2-6-13(16,8-9)10-4-5-11(14)12(15)7-10/h4-5,7,9,16H,2-3,6,8H2,1H3. The highest BCUT2D eigenvalue weighted by Gasteiger charge is 2.34. The molecule has 0 aliphatic heterocycles. The maximum absolute atomic E-state index is 10.6. The topological polar surface area (TPSA) is 20.2 Å². The first-order chi connectivity index (χ1) is 7.51. The minimum absolute atomic E-state index is 0.519. The van der Waals surface area contributed by atoms with Crippen molar-refractivity contribution in [2.24, 2.45) is 5.92 Å². The third kappa shape index (κ3) is 2.37. The molecule has 88 valence electrons. The SMILES string of the molecule is CC1CCCC(O)(c2ccc(Cl)c(Cl)c2)C1. The molecule has 0 radical (unpaired) electrons. The van der Waals surface area contributed by atoms with Crippen molar-refractivity contribution >= 4 is 23.2 Å². The molecule has 1 N–H and O–H groups in total. The molecular formula is C13H16Cl2O. The number of rotatable bonds is 1. The Morgan fingerprint density at radius 3 is 2.69 bits per heavy atom. The third-order valence-electron chi connectivity index (χ3n) is 3.43. The molecule has 2 unspecified atom stereocenters. The minimum Gasteiger partial charge on any atom is -0.385 e. The van der Waals surface area contributed by atoms with Crippen molar-refractivity contribution in [1.29, 1.82) is 0 Å². The second kappa shape index (κ2) is 4.56. The summed E-state index contributed by atoms with van der Waals surface area (Å²) in [5.74, 6) is 0.563. The summed E-state index contributed by atoms with van der Waals surface area (Å²) in [4.78, 5) is 0. The maximum Gasteiger partial charge on any atom is 0.0899 e. The van der Waals surface area contributed by atoms with E-state index >= 15 is 0 Å². The molecule has 0 bridgehead atoms. The Morgan fingerprint density at radius 1 is 1.31 bits per heavy atom. The van der Waals surface area contributed by atoms with Crippen LogP contribution >= 0.6 is 23.2 Å². The molecule has 0 heterocycles. The van der Waals surface area contributed by atoms with Crippen molar-refractivity contribution in [1.82, 2.24) is 0 Å². The van der Waals surface area contributed by atoms with Crippen molar-refractivity contribution in [3.05, 3.63) is 33.8 Å². The lowest BCUT2D eigenvalue weighted by Crippen LogP contribution is -2.31. The van der Waals surface area contributed by atoms with E-state index in [-0.39, 0.29) is 0 Å². The van der Waals surface area contributed by atoms with Gasteiger partial charge in [0.25, 0.3) is 0 Å². The fourth-order valence-electron chi connectivity index (χ4n) is 2.57. The van der Waals surface area contributed by atoms with E-state index in [1.807, 2.05) is 6.07 Å². The van der Waals surface area contributed by atoms with Gasteiger partial charge in [0.05, 0.1) is 15.6 Å². The van der Waals surface area contributed by atoms with Crippen LogP contribution in [0, 0.1) is 5.92 Å². The highest BCUT2D eigenvalue weighted by Crippen LogP contribution is 2.41. The minimum atomic E-state index is -0.716. The van der Waals surface area contributed by atoms with Gasteiger partial charge < -0.3 is 5.11 Å². The molecule has 1 nitrogen and oxygen atoms in total. The molecular weight excluding hydrogens is 243 g/mol. The zero-order valence-corrected chi connectivity index (χ0v) is 10.9. The Bertz CT molecular complexity index is 392. The second-order valence-electron chi connectivity index (χ2n) is 4.86. The van der Waals surface area contributed by atoms with Crippen LogP contribution in [-0.4, -0.2) is 5.11 Å². The first kappa shape index (κ1) is 12.2. The molecule has 0 aromatic heterocycles. The summed E-state index contributed by atoms with van der Waals surface area (Å²) in [5.41, 5.74) is 0.180. The Hall–Kier alpha value is -0.240. The van der Waals surface area contributed by atoms with E-state index in [2.05, 4.69) is 6.92 Å². The zero-order chi connectivity index (χ0) is 11.8. The average molecular weight is 259 g/mol. The summed E-state index contributed by atoms with van der Waals surface area (Å²) in [7, 11) is 0. The smallest absolute Gasteiger partial charge is 0.0899 e. The largest absolute Gasteiger partial charge is 0.385 e. The van der Waals surface area contributed by atoms with Crippen LogP contribution in [0.25, 0.3) is 0 Å². The molecule has 1 aliphatic rings. The van der Waals surface area contributed by atoms with Crippen LogP contribution in [0.2, 0.25) is 10.0 Å². The summed E-state index contributed by atoms with van der Waals surface area (Å²) in [6.07, 6.45) is 3.89. The second-order valence-corrected chi connectivity index (χ2v) is 5.68. The van der Waals surface area contributed by atoms with Gasteiger partial charge >= 0.3 is 0 Å². The zero-order valence-electron chi connectivity index (χ0n) is 9.34. The van der Waals surface area contributed by atoms with Gasteiger partial charge in [-0.2, -0.15) is 0 Å². The number of hydrogen-bond acceptors (Lipinski definition) is 1. The molecule has 0 amide bonds. The van der Waals surface area contributed by atoms with Gasteiger partial charge in [-0.3, -0.25) is 0 Å². The quantitative estimate of drug-likeness (QED) is 0.792. The number of hydrogen-bond donors (Lipinski definition) is 1. The summed E-state index contributed by atoms with van der Waals surface area (Å²) < 4.78 is 0. The molecule has 1 aromatic rings. The van der Waals surface area contributed by atoms with Gasteiger partial charge in [-0.15, -0.1) is 0 Å². The normalized spacial score (nSPS) is 30.4. The molecule has 1 aliphatic carbocycles. The highest BCUT2D eigenvalue weighted by molar-refractivity contribution is 6.42. The summed E-state index contributed by atoms with van der Waals surface area (Å²) in [6.45, 7) is 2.18. The summed E-state index contributed by atoms with van der Waals surface area (Å²) in [6, 6.07) is 5.44. The van der Waals surface area contributed by atoms with Crippen molar-refractivity contribution in [3.63, 3.8) is 0 Å². The van der Waals surface area contributed by atoms with Crippen molar-refractivity contribution < 1.29 is 5.11 Å². The first-order valence-electron chi connectivity index (χ1n) is 5.69. The van der Waals surface area contributed by atoms with Gasteiger partial charge in [-0.1, -0.05) is 42.6 Å². The van der Waals surface area contributed by atoms with Crippen LogP contribution in [-0.2, 0) is 5.60 Å². The fraction of sp³-hybridized carbons (Fsp3) is 0.538. The van der Waals surface area contributed by atoms with Crippen molar-refractivity contribution in [2.75, 3.05) is 0 Å². The van der Waals surface area contributed by atoms with Crippen molar-refractivity contribution in [3.8, 4) is 0 Å². The van der Waals surface area contributed by atoms with E-state index in [1.54, 1.807) is 12.1 Å². The molecule has 1 fully saturated rings. The number of aliphatic hydroxyl groups is 1. The Balaban J connectivity index is 2.31. The lowest BCUT2D eigenvalue weighted by molar-refractivity contribution is -0.0178. The van der Waals surface area contributed by atoms with Gasteiger partial charge in [-0.05, 0) is 42.9 Å². The molecule has 2 rings (SSSR count). The van der Waals surface area contributed by atoms with Gasteiger partial charge in [0, 0.05) is 0 Å². The molecule has 1 aromatic carbocycles. The van der Waals surface area contributed by atoms with E-state index in [0.717, 1.165) is 24.8 Å². The maximum atomic E-state index is 10.6. The van der Waals surface area contributed by atoms with Crippen LogP contribution in [0.15, 0.2) is 18.2 Å². The molecule has 0 spiro atoms. The monoisotopic (exact) mass is 258 g/mol. The predicted octanol–water partition coefficient (Wildman–Crippen LogP) is 4.39. The van der Waals surface area contributed by atoms with E-state index < -0.39 is 5.60 Å². The van der Waals surface area contributed by atoms with Crippen LogP contribution < -0.4 is 0 Å². The molecule has 2 atom stereocenters. The van der Waals surface area contributed by atoms with E-state index in [4.69, 9.17) is 23.2 Å². The van der Waals surface area contributed by atoms with Gasteiger partial charge in [0.2, 0.25) is 0 Å². The van der Waals surface area contributed by atoms with E-state index in [1.165, 1.54) is 6.42 Å². The Labute approximate surface area is 106 Å². The number of benzene rings is 1. The van der Waals surface area contributed by atoms with Crippen LogP contribution in [0.4, 0.5) is 0 Å². The Kier molecular flexibility index (Phi) is 3.48. The van der Waals surface area contributed by atoms with Gasteiger partial charge in [0.1, 0.15) is 0 Å². The molecule has 3 heteroatoms. The summed E-state index contributed by atoms with van der Waals surface area (Å²) in [5, 5.41) is 11.7. The fourth-order valence-corrected chi connectivity index (χ4v) is 2.87. The molecule has 0 saturated heterocycles. The predicted molar refractivity (Wildman–Crippen MR) is 68.0 cm³/mol. The number of halogens is 2. The van der Waals surface area contributed by atoms with E-state index in [0.29, 0.717) is 16.0 Å². The van der Waals surface area contributed by atoms with Gasteiger partial charge in [-0.25, -0.2) is 0 Å².